The molecule has 0 fully saturated rings. The van der Waals surface area contributed by atoms with Gasteiger partial charge in [0.05, 0.1) is 0 Å². The van der Waals surface area contributed by atoms with E-state index in [1.807, 2.05) is 0 Å². The Labute approximate surface area is 99.1 Å². The number of carbonyl (C=O) groups is 1. The van der Waals surface area contributed by atoms with Crippen LogP contribution in [0.15, 0.2) is 18.2 Å². The predicted octanol–water partition coefficient (Wildman–Crippen LogP) is 2.94. The summed E-state index contributed by atoms with van der Waals surface area (Å²) in [5, 5.41) is 3.10. The minimum absolute atomic E-state index is 0.106. The molecular weight excluding hydrogens is 229 g/mol. The summed E-state index contributed by atoms with van der Waals surface area (Å²) in [5.41, 5.74) is 1.12. The fraction of sp³-hybridized carbons (Fsp3) is 0.250. The van der Waals surface area contributed by atoms with Gasteiger partial charge in [-0.2, -0.15) is 0 Å². The zero-order valence-electron chi connectivity index (χ0n) is 9.18. The second kappa shape index (κ2) is 5.66. The number of halogens is 2. The molecule has 0 unspecified atom stereocenters. The maximum absolute atomic E-state index is 13.2. The number of hydrogen-bond acceptors (Lipinski definition) is 1. The highest BCUT2D eigenvalue weighted by Gasteiger charge is 2.02. The molecule has 0 bridgehead atoms. The summed E-state index contributed by atoms with van der Waals surface area (Å²) in [6, 6.07) is 2.96. The topological polar surface area (TPSA) is 29.1 Å². The highest BCUT2D eigenvalue weighted by atomic mass is 35.5. The normalized spacial score (nSPS) is 10.8. The number of amides is 1. The minimum atomic E-state index is -0.288. The monoisotopic (exact) mass is 241 g/mol. The van der Waals surface area contributed by atoms with Crippen LogP contribution in [0.1, 0.15) is 18.1 Å². The summed E-state index contributed by atoms with van der Waals surface area (Å²) in [5.74, 6) is -0.394. The maximum Gasteiger partial charge on any atom is 0.217 e. The average molecular weight is 242 g/mol. The van der Waals surface area contributed by atoms with Crippen molar-refractivity contribution in [1.82, 2.24) is 5.32 Å². The van der Waals surface area contributed by atoms with Gasteiger partial charge in [-0.1, -0.05) is 23.8 Å². The Balaban J connectivity index is 2.73. The largest absolute Gasteiger partial charge is 0.353 e. The van der Waals surface area contributed by atoms with E-state index in [0.29, 0.717) is 22.7 Å². The van der Waals surface area contributed by atoms with Crippen LogP contribution in [0, 0.1) is 12.7 Å². The Bertz CT molecular complexity index is 429. The molecule has 0 aliphatic carbocycles. The van der Waals surface area contributed by atoms with E-state index in [2.05, 4.69) is 5.32 Å². The Kier molecular flexibility index (Phi) is 4.50. The molecule has 16 heavy (non-hydrogen) atoms. The molecule has 0 saturated carbocycles. The van der Waals surface area contributed by atoms with Crippen molar-refractivity contribution in [3.05, 3.63) is 40.2 Å². The van der Waals surface area contributed by atoms with Gasteiger partial charge in [0.15, 0.2) is 0 Å². The fourth-order valence-corrected chi connectivity index (χ4v) is 1.46. The molecule has 0 heterocycles. The first-order valence-electron chi connectivity index (χ1n) is 4.87. The van der Waals surface area contributed by atoms with Crippen LogP contribution < -0.4 is 5.32 Å². The van der Waals surface area contributed by atoms with Gasteiger partial charge >= 0.3 is 0 Å². The number of rotatable bonds is 3. The number of nitrogens with one attached hydrogen (secondary N) is 1. The zero-order chi connectivity index (χ0) is 12.1. The van der Waals surface area contributed by atoms with Crippen molar-refractivity contribution in [2.24, 2.45) is 0 Å². The first-order valence-corrected chi connectivity index (χ1v) is 5.25. The molecule has 1 rings (SSSR count). The highest BCUT2D eigenvalue weighted by molar-refractivity contribution is 6.32. The highest BCUT2D eigenvalue weighted by Crippen LogP contribution is 2.21. The van der Waals surface area contributed by atoms with Crippen molar-refractivity contribution in [3.8, 4) is 0 Å². The molecule has 0 aromatic heterocycles. The molecule has 0 aliphatic heterocycles. The third kappa shape index (κ3) is 3.66. The van der Waals surface area contributed by atoms with Crippen LogP contribution in [0.4, 0.5) is 4.39 Å². The molecule has 0 spiro atoms. The van der Waals surface area contributed by atoms with Gasteiger partial charge in [0.25, 0.3) is 0 Å². The fourth-order valence-electron chi connectivity index (χ4n) is 1.18. The van der Waals surface area contributed by atoms with Gasteiger partial charge in [-0.05, 0) is 30.2 Å². The van der Waals surface area contributed by atoms with E-state index in [9.17, 15) is 9.18 Å². The Morgan fingerprint density at radius 2 is 2.25 bits per heavy atom. The summed E-state index contributed by atoms with van der Waals surface area (Å²) >= 11 is 5.94. The molecule has 1 amide bonds. The van der Waals surface area contributed by atoms with Crippen LogP contribution >= 0.6 is 11.6 Å². The summed E-state index contributed by atoms with van der Waals surface area (Å²) in [6.45, 7) is 3.50. The average Bonchev–Trinajstić information content (AvgIpc) is 2.19. The molecule has 1 N–H and O–H groups in total. The summed E-state index contributed by atoms with van der Waals surface area (Å²) in [6.07, 6.45) is 3.40. The zero-order valence-corrected chi connectivity index (χ0v) is 9.94. The smallest absolute Gasteiger partial charge is 0.217 e. The molecule has 2 nitrogen and oxygen atoms in total. The van der Waals surface area contributed by atoms with Gasteiger partial charge in [0.1, 0.15) is 5.82 Å². The van der Waals surface area contributed by atoms with Crippen molar-refractivity contribution < 1.29 is 9.18 Å². The van der Waals surface area contributed by atoms with Gasteiger partial charge in [-0.3, -0.25) is 4.79 Å². The standard InChI is InChI=1S/C12H13ClFNO/c1-8-6-11(13)10(7-12(8)14)4-3-5-15-9(2)16/h3-4,6-7H,5H2,1-2H3,(H,15,16). The van der Waals surface area contributed by atoms with E-state index in [-0.39, 0.29) is 11.7 Å². The van der Waals surface area contributed by atoms with E-state index in [0.717, 1.165) is 0 Å². The third-order valence-electron chi connectivity index (χ3n) is 2.04. The first-order chi connectivity index (χ1) is 7.50. The van der Waals surface area contributed by atoms with Crippen molar-refractivity contribution in [2.45, 2.75) is 13.8 Å². The summed E-state index contributed by atoms with van der Waals surface area (Å²) in [7, 11) is 0. The predicted molar refractivity (Wildman–Crippen MR) is 63.9 cm³/mol. The van der Waals surface area contributed by atoms with E-state index < -0.39 is 0 Å². The Hall–Kier alpha value is -1.35. The van der Waals surface area contributed by atoms with Gasteiger partial charge < -0.3 is 5.32 Å². The van der Waals surface area contributed by atoms with Crippen LogP contribution in [-0.2, 0) is 4.79 Å². The van der Waals surface area contributed by atoms with Gasteiger partial charge in [-0.15, -0.1) is 0 Å². The second-order valence-corrected chi connectivity index (χ2v) is 3.87. The van der Waals surface area contributed by atoms with Gasteiger partial charge in [0.2, 0.25) is 5.91 Å². The number of benzene rings is 1. The molecule has 4 heteroatoms. The molecular formula is C12H13ClFNO. The van der Waals surface area contributed by atoms with Crippen LogP contribution in [0.3, 0.4) is 0 Å². The number of carbonyl (C=O) groups excluding carboxylic acids is 1. The van der Waals surface area contributed by atoms with E-state index in [1.165, 1.54) is 13.0 Å². The van der Waals surface area contributed by atoms with Crippen LogP contribution in [0.25, 0.3) is 6.08 Å². The summed E-state index contributed by atoms with van der Waals surface area (Å²) < 4.78 is 13.2. The Morgan fingerprint density at radius 3 is 2.88 bits per heavy atom. The number of hydrogen-bond donors (Lipinski definition) is 1. The first kappa shape index (κ1) is 12.7. The quantitative estimate of drug-likeness (QED) is 0.866. The van der Waals surface area contributed by atoms with E-state index in [1.54, 1.807) is 25.1 Å². The SMILES string of the molecule is CC(=O)NCC=Cc1cc(F)c(C)cc1Cl. The molecule has 1 aromatic carbocycles. The second-order valence-electron chi connectivity index (χ2n) is 3.46. The van der Waals surface area contributed by atoms with E-state index >= 15 is 0 Å². The molecule has 0 atom stereocenters. The molecule has 86 valence electrons. The lowest BCUT2D eigenvalue weighted by Gasteiger charge is -2.02. The van der Waals surface area contributed by atoms with Crippen LogP contribution in [0.2, 0.25) is 5.02 Å². The molecule has 0 saturated heterocycles. The minimum Gasteiger partial charge on any atom is -0.353 e. The third-order valence-corrected chi connectivity index (χ3v) is 2.37. The van der Waals surface area contributed by atoms with Gasteiger partial charge in [0, 0.05) is 18.5 Å². The Morgan fingerprint density at radius 1 is 1.56 bits per heavy atom. The lowest BCUT2D eigenvalue weighted by molar-refractivity contribution is -0.118. The van der Waals surface area contributed by atoms with Crippen molar-refractivity contribution in [1.29, 1.82) is 0 Å². The van der Waals surface area contributed by atoms with E-state index in [4.69, 9.17) is 11.6 Å². The molecule has 0 radical (unpaired) electrons. The lowest BCUT2D eigenvalue weighted by atomic mass is 10.1. The van der Waals surface area contributed by atoms with Crippen LogP contribution in [0.5, 0.6) is 0 Å². The molecule has 0 aliphatic rings. The van der Waals surface area contributed by atoms with Gasteiger partial charge in [-0.25, -0.2) is 4.39 Å². The number of aryl methyl sites for hydroxylation is 1. The van der Waals surface area contributed by atoms with Crippen LogP contribution in [-0.4, -0.2) is 12.5 Å². The lowest BCUT2D eigenvalue weighted by Crippen LogP contribution is -2.19. The van der Waals surface area contributed by atoms with Crippen molar-refractivity contribution >= 4 is 23.6 Å². The maximum atomic E-state index is 13.2. The molecule has 1 aromatic rings. The summed E-state index contributed by atoms with van der Waals surface area (Å²) in [4.78, 5) is 10.6. The van der Waals surface area contributed by atoms with Crippen molar-refractivity contribution in [2.75, 3.05) is 6.54 Å². The van der Waals surface area contributed by atoms with Crippen molar-refractivity contribution in [3.63, 3.8) is 0 Å².